The highest BCUT2D eigenvalue weighted by molar-refractivity contribution is 7.99. The van der Waals surface area contributed by atoms with Crippen LogP contribution in [0.3, 0.4) is 0 Å². The number of thioether (sulfide) groups is 1. The molecule has 4 heteroatoms. The van der Waals surface area contributed by atoms with E-state index < -0.39 is 0 Å². The highest BCUT2D eigenvalue weighted by Gasteiger charge is 2.12. The second-order valence-corrected chi connectivity index (χ2v) is 6.33. The third kappa shape index (κ3) is 5.40. The minimum absolute atomic E-state index is 0.464. The highest BCUT2D eigenvalue weighted by Crippen LogP contribution is 2.26. The molecule has 0 radical (unpaired) electrons. The van der Waals surface area contributed by atoms with Crippen LogP contribution in [0, 0.1) is 0 Å². The third-order valence-electron chi connectivity index (χ3n) is 2.70. The van der Waals surface area contributed by atoms with Crippen LogP contribution in [0.25, 0.3) is 0 Å². The molecule has 0 amide bonds. The quantitative estimate of drug-likeness (QED) is 0.750. The normalized spacial score (nSPS) is 12.7. The monoisotopic (exact) mass is 305 g/mol. The number of hydrogen-bond donors (Lipinski definition) is 1. The number of benzene rings is 1. The third-order valence-corrected chi connectivity index (χ3v) is 4.61. The van der Waals surface area contributed by atoms with Crippen molar-refractivity contribution in [2.45, 2.75) is 32.7 Å². The summed E-state index contributed by atoms with van der Waals surface area (Å²) in [5.41, 5.74) is 1.13. The summed E-state index contributed by atoms with van der Waals surface area (Å²) in [6.45, 7) is 5.42. The molecular weight excluding hydrogens is 285 g/mol. The largest absolute Gasteiger partial charge is 0.313 e. The maximum Gasteiger partial charge on any atom is 0.0624 e. The first-order valence-corrected chi connectivity index (χ1v) is 8.34. The van der Waals surface area contributed by atoms with Crippen LogP contribution in [0.5, 0.6) is 0 Å². The zero-order chi connectivity index (χ0) is 13.4. The van der Waals surface area contributed by atoms with Gasteiger partial charge in [0.1, 0.15) is 0 Å². The maximum absolute atomic E-state index is 6.24. The van der Waals surface area contributed by atoms with Crippen LogP contribution in [-0.2, 0) is 6.42 Å². The van der Waals surface area contributed by atoms with Crippen molar-refractivity contribution < 1.29 is 0 Å². The Morgan fingerprint density at radius 2 is 2.06 bits per heavy atom. The lowest BCUT2D eigenvalue weighted by Gasteiger charge is -2.19. The van der Waals surface area contributed by atoms with Gasteiger partial charge in [-0.2, -0.15) is 11.8 Å². The molecule has 102 valence electrons. The molecule has 0 aliphatic rings. The fourth-order valence-electron chi connectivity index (χ4n) is 1.77. The van der Waals surface area contributed by atoms with E-state index in [1.807, 2.05) is 23.9 Å². The van der Waals surface area contributed by atoms with Crippen molar-refractivity contribution in [3.63, 3.8) is 0 Å². The van der Waals surface area contributed by atoms with Crippen molar-refractivity contribution >= 4 is 35.0 Å². The van der Waals surface area contributed by atoms with Gasteiger partial charge >= 0.3 is 0 Å². The van der Waals surface area contributed by atoms with Crippen molar-refractivity contribution in [1.29, 1.82) is 0 Å². The Bertz CT molecular complexity index is 350. The van der Waals surface area contributed by atoms with E-state index in [9.17, 15) is 0 Å². The van der Waals surface area contributed by atoms with E-state index in [-0.39, 0.29) is 0 Å². The second-order valence-electron chi connectivity index (χ2n) is 4.23. The molecule has 1 N–H and O–H groups in total. The standard InChI is InChI=1S/C14H21Cl2NS/c1-3-8-17-12(10-18-4-2)9-11-6-5-7-13(15)14(11)16/h5-7,12,17H,3-4,8-10H2,1-2H3. The van der Waals surface area contributed by atoms with E-state index in [0.717, 1.165) is 36.5 Å². The summed E-state index contributed by atoms with van der Waals surface area (Å²) in [6.07, 6.45) is 2.09. The SMILES string of the molecule is CCCNC(CSCC)Cc1cccc(Cl)c1Cl. The summed E-state index contributed by atoms with van der Waals surface area (Å²) in [5.74, 6) is 2.26. The van der Waals surface area contributed by atoms with E-state index in [2.05, 4.69) is 25.2 Å². The van der Waals surface area contributed by atoms with Crippen molar-refractivity contribution in [2.24, 2.45) is 0 Å². The zero-order valence-electron chi connectivity index (χ0n) is 11.0. The Balaban J connectivity index is 2.65. The molecule has 1 atom stereocenters. The van der Waals surface area contributed by atoms with Gasteiger partial charge in [-0.3, -0.25) is 0 Å². The highest BCUT2D eigenvalue weighted by atomic mass is 35.5. The van der Waals surface area contributed by atoms with Crippen molar-refractivity contribution in [1.82, 2.24) is 5.32 Å². The maximum atomic E-state index is 6.24. The van der Waals surface area contributed by atoms with Crippen LogP contribution in [0.1, 0.15) is 25.8 Å². The Morgan fingerprint density at radius 3 is 2.72 bits per heavy atom. The molecule has 1 nitrogen and oxygen atoms in total. The Hall–Kier alpha value is 0.110. The lowest BCUT2D eigenvalue weighted by atomic mass is 10.1. The predicted octanol–water partition coefficient (Wildman–Crippen LogP) is 4.66. The van der Waals surface area contributed by atoms with Gasteiger partial charge < -0.3 is 5.32 Å². The van der Waals surface area contributed by atoms with Gasteiger partial charge in [0, 0.05) is 11.8 Å². The lowest BCUT2D eigenvalue weighted by molar-refractivity contribution is 0.550. The Morgan fingerprint density at radius 1 is 1.28 bits per heavy atom. The van der Waals surface area contributed by atoms with Gasteiger partial charge in [-0.25, -0.2) is 0 Å². The molecule has 0 saturated carbocycles. The van der Waals surface area contributed by atoms with Gasteiger partial charge in [0.25, 0.3) is 0 Å². The first-order valence-electron chi connectivity index (χ1n) is 6.43. The van der Waals surface area contributed by atoms with E-state index in [1.54, 1.807) is 0 Å². The number of hydrogen-bond acceptors (Lipinski definition) is 2. The van der Waals surface area contributed by atoms with E-state index in [4.69, 9.17) is 23.2 Å². The van der Waals surface area contributed by atoms with E-state index in [0.29, 0.717) is 16.1 Å². The minimum Gasteiger partial charge on any atom is -0.313 e. The zero-order valence-corrected chi connectivity index (χ0v) is 13.3. The minimum atomic E-state index is 0.464. The molecule has 1 rings (SSSR count). The molecule has 1 unspecified atom stereocenters. The molecule has 0 bridgehead atoms. The van der Waals surface area contributed by atoms with Crippen LogP contribution in [0.2, 0.25) is 10.0 Å². The first kappa shape index (κ1) is 16.2. The van der Waals surface area contributed by atoms with Crippen molar-refractivity contribution in [3.8, 4) is 0 Å². The molecule has 1 aromatic carbocycles. The van der Waals surface area contributed by atoms with Crippen LogP contribution in [-0.4, -0.2) is 24.1 Å². The summed E-state index contributed by atoms with van der Waals surface area (Å²) in [6, 6.07) is 6.33. The fraction of sp³-hybridized carbons (Fsp3) is 0.571. The topological polar surface area (TPSA) is 12.0 Å². The van der Waals surface area contributed by atoms with Crippen LogP contribution in [0.4, 0.5) is 0 Å². The molecule has 0 aromatic heterocycles. The van der Waals surface area contributed by atoms with E-state index >= 15 is 0 Å². The lowest BCUT2D eigenvalue weighted by Crippen LogP contribution is -2.34. The summed E-state index contributed by atoms with van der Waals surface area (Å²) in [5, 5.41) is 4.92. The molecule has 0 aliphatic carbocycles. The number of rotatable bonds is 8. The average Bonchev–Trinajstić information content (AvgIpc) is 2.38. The van der Waals surface area contributed by atoms with E-state index in [1.165, 1.54) is 0 Å². The molecule has 0 fully saturated rings. The average molecular weight is 306 g/mol. The second kappa shape index (κ2) is 9.08. The van der Waals surface area contributed by atoms with Gasteiger partial charge in [-0.1, -0.05) is 49.2 Å². The summed E-state index contributed by atoms with van der Waals surface area (Å²) < 4.78 is 0. The smallest absolute Gasteiger partial charge is 0.0624 e. The summed E-state index contributed by atoms with van der Waals surface area (Å²) in [4.78, 5) is 0. The number of nitrogens with one attached hydrogen (secondary N) is 1. The van der Waals surface area contributed by atoms with Crippen LogP contribution < -0.4 is 5.32 Å². The molecule has 0 heterocycles. The number of halogens is 2. The Labute approximate surface area is 125 Å². The van der Waals surface area contributed by atoms with Gasteiger partial charge in [-0.05, 0) is 36.8 Å². The van der Waals surface area contributed by atoms with Crippen LogP contribution >= 0.6 is 35.0 Å². The van der Waals surface area contributed by atoms with Gasteiger partial charge in [-0.15, -0.1) is 0 Å². The summed E-state index contributed by atoms with van der Waals surface area (Å²) >= 11 is 14.2. The fourth-order valence-corrected chi connectivity index (χ4v) is 2.92. The molecule has 1 aromatic rings. The van der Waals surface area contributed by atoms with Gasteiger partial charge in [0.15, 0.2) is 0 Å². The molecular formula is C14H21Cl2NS. The van der Waals surface area contributed by atoms with Gasteiger partial charge in [0.2, 0.25) is 0 Å². The molecule has 0 aliphatic heterocycles. The van der Waals surface area contributed by atoms with Crippen LogP contribution in [0.15, 0.2) is 18.2 Å². The predicted molar refractivity (Wildman–Crippen MR) is 85.2 cm³/mol. The Kier molecular flexibility index (Phi) is 8.16. The van der Waals surface area contributed by atoms with Crippen molar-refractivity contribution in [2.75, 3.05) is 18.1 Å². The molecule has 0 spiro atoms. The molecule has 18 heavy (non-hydrogen) atoms. The van der Waals surface area contributed by atoms with Gasteiger partial charge in [0.05, 0.1) is 10.0 Å². The summed E-state index contributed by atoms with van der Waals surface area (Å²) in [7, 11) is 0. The van der Waals surface area contributed by atoms with Crippen molar-refractivity contribution in [3.05, 3.63) is 33.8 Å². The first-order chi connectivity index (χ1) is 8.69. The molecule has 0 saturated heterocycles.